The van der Waals surface area contributed by atoms with Crippen LogP contribution in [0.2, 0.25) is 0 Å². The highest BCUT2D eigenvalue weighted by Crippen LogP contribution is 2.30. The maximum absolute atomic E-state index is 12.8. The molecule has 0 bridgehead atoms. The van der Waals surface area contributed by atoms with Gasteiger partial charge in [-0.25, -0.2) is 0 Å². The Morgan fingerprint density at radius 3 is 2.48 bits per heavy atom. The van der Waals surface area contributed by atoms with Crippen LogP contribution >= 0.6 is 0 Å². The summed E-state index contributed by atoms with van der Waals surface area (Å²) < 4.78 is 0. The number of nitrogens with zero attached hydrogens (tertiary/aromatic N) is 1. The second kappa shape index (κ2) is 6.97. The number of nitrogens with two attached hydrogens (primary N) is 1. The van der Waals surface area contributed by atoms with Crippen molar-refractivity contribution in [3.63, 3.8) is 0 Å². The average Bonchev–Trinajstić information content (AvgIpc) is 3.11. The van der Waals surface area contributed by atoms with Gasteiger partial charge < -0.3 is 16.0 Å². The molecule has 5 nitrogen and oxygen atoms in total. The lowest BCUT2D eigenvalue weighted by atomic mass is 10.0. The van der Waals surface area contributed by atoms with Crippen molar-refractivity contribution in [1.29, 1.82) is 0 Å². The molecule has 0 spiro atoms. The molecule has 5 heteroatoms. The summed E-state index contributed by atoms with van der Waals surface area (Å²) in [5, 5.41) is 2.98. The van der Waals surface area contributed by atoms with Gasteiger partial charge in [0.25, 0.3) is 5.91 Å². The van der Waals surface area contributed by atoms with Gasteiger partial charge in [0.05, 0.1) is 11.4 Å². The Bertz CT molecular complexity index is 824. The molecular formula is C20H23N3O2. The van der Waals surface area contributed by atoms with Gasteiger partial charge in [-0.3, -0.25) is 9.59 Å². The number of aryl methyl sites for hydroxylation is 1. The molecule has 0 aromatic heterocycles. The van der Waals surface area contributed by atoms with Crippen LogP contribution in [0.5, 0.6) is 0 Å². The summed E-state index contributed by atoms with van der Waals surface area (Å²) >= 11 is 0. The van der Waals surface area contributed by atoms with Crippen molar-refractivity contribution in [3.8, 4) is 0 Å². The molecule has 0 aliphatic carbocycles. The predicted molar refractivity (Wildman–Crippen MR) is 100 cm³/mol. The highest BCUT2D eigenvalue weighted by molar-refractivity contribution is 6.08. The molecule has 1 fully saturated rings. The summed E-state index contributed by atoms with van der Waals surface area (Å²) in [5.41, 5.74) is 10.0. The van der Waals surface area contributed by atoms with Gasteiger partial charge in [-0.05, 0) is 62.1 Å². The number of hydrogen-bond acceptors (Lipinski definition) is 3. The minimum Gasteiger partial charge on any atom is -0.370 e. The molecule has 3 rings (SSSR count). The Balaban J connectivity index is 1.96. The molecule has 2 aromatic carbocycles. The Morgan fingerprint density at radius 1 is 1.08 bits per heavy atom. The second-order valence-corrected chi connectivity index (χ2v) is 6.49. The SMILES string of the molecule is Cc1cccc(C(=O)Nc2cc(C(N)=O)ccc2N2CCCC2)c1C. The number of benzene rings is 2. The van der Waals surface area contributed by atoms with E-state index in [-0.39, 0.29) is 5.91 Å². The average molecular weight is 337 g/mol. The van der Waals surface area contributed by atoms with Gasteiger partial charge in [-0.2, -0.15) is 0 Å². The molecule has 1 saturated heterocycles. The predicted octanol–water partition coefficient (Wildman–Crippen LogP) is 3.25. The normalized spacial score (nSPS) is 13.8. The number of amides is 2. The van der Waals surface area contributed by atoms with E-state index in [4.69, 9.17) is 5.73 Å². The van der Waals surface area contributed by atoms with E-state index in [9.17, 15) is 9.59 Å². The Labute approximate surface area is 147 Å². The molecule has 1 aliphatic heterocycles. The van der Waals surface area contributed by atoms with E-state index < -0.39 is 5.91 Å². The van der Waals surface area contributed by atoms with Gasteiger partial charge in [0.2, 0.25) is 5.91 Å². The van der Waals surface area contributed by atoms with Crippen molar-refractivity contribution in [3.05, 3.63) is 58.7 Å². The van der Waals surface area contributed by atoms with Crippen molar-refractivity contribution < 1.29 is 9.59 Å². The maximum Gasteiger partial charge on any atom is 0.255 e. The highest BCUT2D eigenvalue weighted by Gasteiger charge is 2.19. The third-order valence-corrected chi connectivity index (χ3v) is 4.83. The second-order valence-electron chi connectivity index (χ2n) is 6.49. The molecule has 1 heterocycles. The number of primary amides is 1. The Hall–Kier alpha value is -2.82. The van der Waals surface area contributed by atoms with E-state index in [1.807, 2.05) is 38.1 Å². The first-order valence-electron chi connectivity index (χ1n) is 8.54. The largest absolute Gasteiger partial charge is 0.370 e. The molecular weight excluding hydrogens is 314 g/mol. The number of carbonyl (C=O) groups is 2. The van der Waals surface area contributed by atoms with Crippen LogP contribution in [0.25, 0.3) is 0 Å². The zero-order valence-corrected chi connectivity index (χ0v) is 14.6. The van der Waals surface area contributed by atoms with Crippen LogP contribution in [0.15, 0.2) is 36.4 Å². The number of nitrogens with one attached hydrogen (secondary N) is 1. The van der Waals surface area contributed by atoms with Gasteiger partial charge >= 0.3 is 0 Å². The summed E-state index contributed by atoms with van der Waals surface area (Å²) in [6, 6.07) is 10.9. The number of hydrogen-bond donors (Lipinski definition) is 2. The monoisotopic (exact) mass is 337 g/mol. The van der Waals surface area contributed by atoms with Gasteiger partial charge in [0.15, 0.2) is 0 Å². The van der Waals surface area contributed by atoms with Crippen molar-refractivity contribution in [2.24, 2.45) is 5.73 Å². The van der Waals surface area contributed by atoms with Crippen LogP contribution in [0, 0.1) is 13.8 Å². The lowest BCUT2D eigenvalue weighted by molar-refractivity contribution is 0.0996. The Kier molecular flexibility index (Phi) is 4.74. The summed E-state index contributed by atoms with van der Waals surface area (Å²) in [6.07, 6.45) is 2.25. The van der Waals surface area contributed by atoms with Crippen molar-refractivity contribution in [2.75, 3.05) is 23.3 Å². The van der Waals surface area contributed by atoms with Crippen LogP contribution < -0.4 is 16.0 Å². The third-order valence-electron chi connectivity index (χ3n) is 4.83. The number of rotatable bonds is 4. The van der Waals surface area contributed by atoms with E-state index in [2.05, 4.69) is 10.2 Å². The van der Waals surface area contributed by atoms with E-state index >= 15 is 0 Å². The quantitative estimate of drug-likeness (QED) is 0.899. The minimum atomic E-state index is -0.504. The van der Waals surface area contributed by atoms with Gasteiger partial charge in [-0.15, -0.1) is 0 Å². The van der Waals surface area contributed by atoms with Gasteiger partial charge in [0, 0.05) is 24.2 Å². The fraction of sp³-hybridized carbons (Fsp3) is 0.300. The van der Waals surface area contributed by atoms with Gasteiger partial charge in [-0.1, -0.05) is 12.1 Å². The molecule has 25 heavy (non-hydrogen) atoms. The van der Waals surface area contributed by atoms with Crippen LogP contribution in [-0.4, -0.2) is 24.9 Å². The molecule has 0 saturated carbocycles. The molecule has 0 unspecified atom stereocenters. The number of carbonyl (C=O) groups excluding carboxylic acids is 2. The fourth-order valence-electron chi connectivity index (χ4n) is 3.21. The molecule has 0 radical (unpaired) electrons. The zero-order valence-electron chi connectivity index (χ0n) is 14.6. The molecule has 1 aliphatic rings. The van der Waals surface area contributed by atoms with Crippen LogP contribution in [-0.2, 0) is 0 Å². The van der Waals surface area contributed by atoms with E-state index in [0.717, 1.165) is 42.7 Å². The maximum atomic E-state index is 12.8. The van der Waals surface area contributed by atoms with E-state index in [1.165, 1.54) is 0 Å². The minimum absolute atomic E-state index is 0.178. The molecule has 2 aromatic rings. The van der Waals surface area contributed by atoms with Crippen molar-refractivity contribution >= 4 is 23.2 Å². The first kappa shape index (κ1) is 17.0. The first-order valence-corrected chi connectivity index (χ1v) is 8.54. The molecule has 0 atom stereocenters. The smallest absolute Gasteiger partial charge is 0.255 e. The topological polar surface area (TPSA) is 75.4 Å². The summed E-state index contributed by atoms with van der Waals surface area (Å²) in [7, 11) is 0. The van der Waals surface area contributed by atoms with Crippen molar-refractivity contribution in [2.45, 2.75) is 26.7 Å². The summed E-state index contributed by atoms with van der Waals surface area (Å²) in [4.78, 5) is 26.6. The Morgan fingerprint density at radius 2 is 1.80 bits per heavy atom. The summed E-state index contributed by atoms with van der Waals surface area (Å²) in [6.45, 7) is 5.81. The third kappa shape index (κ3) is 3.50. The molecule has 3 N–H and O–H groups in total. The van der Waals surface area contributed by atoms with Gasteiger partial charge in [0.1, 0.15) is 0 Å². The lowest BCUT2D eigenvalue weighted by Gasteiger charge is -2.22. The van der Waals surface area contributed by atoms with Crippen molar-refractivity contribution in [1.82, 2.24) is 0 Å². The number of anilines is 2. The first-order chi connectivity index (χ1) is 12.0. The standard InChI is InChI=1S/C20H23N3O2/c1-13-6-5-7-16(14(13)2)20(25)22-17-12-15(19(21)24)8-9-18(17)23-10-3-4-11-23/h5-9,12H,3-4,10-11H2,1-2H3,(H2,21,24)(H,22,25). The van der Waals surface area contributed by atoms with Crippen LogP contribution in [0.4, 0.5) is 11.4 Å². The highest BCUT2D eigenvalue weighted by atomic mass is 16.2. The molecule has 130 valence electrons. The fourth-order valence-corrected chi connectivity index (χ4v) is 3.21. The lowest BCUT2D eigenvalue weighted by Crippen LogP contribution is -2.22. The zero-order chi connectivity index (χ0) is 18.0. The molecule has 2 amide bonds. The van der Waals surface area contributed by atoms with E-state index in [1.54, 1.807) is 12.1 Å². The van der Waals surface area contributed by atoms with E-state index in [0.29, 0.717) is 16.8 Å². The van der Waals surface area contributed by atoms with Crippen LogP contribution in [0.3, 0.4) is 0 Å². The van der Waals surface area contributed by atoms with Crippen LogP contribution in [0.1, 0.15) is 44.7 Å². The summed E-state index contributed by atoms with van der Waals surface area (Å²) in [5.74, 6) is -0.682.